The van der Waals surface area contributed by atoms with Gasteiger partial charge in [0.1, 0.15) is 12.6 Å². The monoisotopic (exact) mass is 339 g/mol. The van der Waals surface area contributed by atoms with Crippen molar-refractivity contribution < 1.29 is 14.3 Å². The minimum absolute atomic E-state index is 0.0184. The van der Waals surface area contributed by atoms with Gasteiger partial charge in [0.15, 0.2) is 0 Å². The van der Waals surface area contributed by atoms with Crippen LogP contribution in [0.15, 0.2) is 54.7 Å². The average Bonchev–Trinajstić information content (AvgIpc) is 2.65. The lowest BCUT2D eigenvalue weighted by atomic mass is 10.1. The molecule has 1 aliphatic rings. The zero-order chi connectivity index (χ0) is 17.5. The first-order valence-electron chi connectivity index (χ1n) is 8.33. The van der Waals surface area contributed by atoms with Crippen molar-refractivity contribution in [3.8, 4) is 0 Å². The lowest BCUT2D eigenvalue weighted by Crippen LogP contribution is -2.56. The number of carbonyl (C=O) groups excluding carboxylic acids is 2. The van der Waals surface area contributed by atoms with Crippen LogP contribution in [0.5, 0.6) is 0 Å². The quantitative estimate of drug-likeness (QED) is 0.857. The number of benzene rings is 1. The van der Waals surface area contributed by atoms with Crippen LogP contribution in [0, 0.1) is 0 Å². The second-order valence-corrected chi connectivity index (χ2v) is 5.90. The van der Waals surface area contributed by atoms with Crippen molar-refractivity contribution in [2.75, 3.05) is 19.8 Å². The molecule has 6 heteroatoms. The van der Waals surface area contributed by atoms with E-state index in [9.17, 15) is 9.59 Å². The molecule has 0 radical (unpaired) electrons. The summed E-state index contributed by atoms with van der Waals surface area (Å²) in [6, 6.07) is 14.7. The fraction of sp³-hybridized carbons (Fsp3) is 0.316. The molecule has 1 aliphatic heterocycles. The predicted molar refractivity (Wildman–Crippen MR) is 92.5 cm³/mol. The largest absolute Gasteiger partial charge is 0.369 e. The number of nitrogens with one attached hydrogen (secondary N) is 1. The molecule has 1 N–H and O–H groups in total. The Morgan fingerprint density at radius 2 is 2.00 bits per heavy atom. The molecular weight excluding hydrogens is 318 g/mol. The summed E-state index contributed by atoms with van der Waals surface area (Å²) in [6.45, 7) is 1.11. The van der Waals surface area contributed by atoms with Crippen molar-refractivity contribution >= 4 is 11.8 Å². The maximum absolute atomic E-state index is 12.5. The molecule has 1 saturated heterocycles. The molecule has 25 heavy (non-hydrogen) atoms. The van der Waals surface area contributed by atoms with Gasteiger partial charge in [0.2, 0.25) is 11.8 Å². The van der Waals surface area contributed by atoms with Gasteiger partial charge in [-0.05, 0) is 17.7 Å². The number of ether oxygens (including phenoxy) is 1. The molecule has 0 aliphatic carbocycles. The van der Waals surface area contributed by atoms with Crippen LogP contribution in [0.3, 0.4) is 0 Å². The summed E-state index contributed by atoms with van der Waals surface area (Å²) >= 11 is 0. The number of aromatic nitrogens is 1. The summed E-state index contributed by atoms with van der Waals surface area (Å²) in [6.07, 6.45) is 2.37. The molecule has 0 saturated carbocycles. The van der Waals surface area contributed by atoms with Crippen molar-refractivity contribution in [1.29, 1.82) is 0 Å². The lowest BCUT2D eigenvalue weighted by molar-refractivity contribution is -0.155. The van der Waals surface area contributed by atoms with E-state index in [-0.39, 0.29) is 25.0 Å². The third kappa shape index (κ3) is 4.64. The number of rotatable bonds is 6. The van der Waals surface area contributed by atoms with Gasteiger partial charge >= 0.3 is 0 Å². The van der Waals surface area contributed by atoms with Crippen LogP contribution in [-0.2, 0) is 27.3 Å². The summed E-state index contributed by atoms with van der Waals surface area (Å²) in [5, 5.41) is 2.88. The van der Waals surface area contributed by atoms with Gasteiger partial charge < -0.3 is 15.0 Å². The van der Waals surface area contributed by atoms with E-state index < -0.39 is 6.04 Å². The number of hydrogen-bond donors (Lipinski definition) is 1. The molecule has 0 unspecified atom stereocenters. The maximum Gasteiger partial charge on any atom is 0.249 e. The fourth-order valence-corrected chi connectivity index (χ4v) is 2.78. The van der Waals surface area contributed by atoms with Crippen molar-refractivity contribution in [1.82, 2.24) is 15.2 Å². The minimum atomic E-state index is -0.606. The Hall–Kier alpha value is -2.73. The number of hydrogen-bond acceptors (Lipinski definition) is 4. The third-order valence-electron chi connectivity index (χ3n) is 4.10. The van der Waals surface area contributed by atoms with Crippen LogP contribution < -0.4 is 5.32 Å². The molecule has 1 aromatic carbocycles. The molecule has 6 nitrogen and oxygen atoms in total. The van der Waals surface area contributed by atoms with Gasteiger partial charge in [-0.1, -0.05) is 36.4 Å². The van der Waals surface area contributed by atoms with Gasteiger partial charge in [0.25, 0.3) is 0 Å². The Kier molecular flexibility index (Phi) is 5.74. The van der Waals surface area contributed by atoms with E-state index in [1.165, 1.54) is 0 Å². The van der Waals surface area contributed by atoms with Crippen LogP contribution >= 0.6 is 0 Å². The molecule has 1 atom stereocenters. The van der Waals surface area contributed by atoms with E-state index >= 15 is 0 Å². The summed E-state index contributed by atoms with van der Waals surface area (Å²) in [5.74, 6) is -0.361. The zero-order valence-corrected chi connectivity index (χ0v) is 13.9. The topological polar surface area (TPSA) is 71.5 Å². The Morgan fingerprint density at radius 3 is 2.76 bits per heavy atom. The van der Waals surface area contributed by atoms with Gasteiger partial charge in [0.05, 0.1) is 6.61 Å². The van der Waals surface area contributed by atoms with Gasteiger partial charge in [-0.3, -0.25) is 14.6 Å². The molecule has 2 heterocycles. The number of morpholine rings is 1. The molecular formula is C19H21N3O3. The second-order valence-electron chi connectivity index (χ2n) is 5.90. The summed E-state index contributed by atoms with van der Waals surface area (Å²) in [5.41, 5.74) is 1.91. The number of carbonyl (C=O) groups is 2. The first kappa shape index (κ1) is 17.1. The summed E-state index contributed by atoms with van der Waals surface area (Å²) < 4.78 is 5.28. The highest BCUT2D eigenvalue weighted by molar-refractivity contribution is 5.89. The van der Waals surface area contributed by atoms with Crippen LogP contribution in [0.4, 0.5) is 0 Å². The molecule has 2 amide bonds. The van der Waals surface area contributed by atoms with Gasteiger partial charge in [-0.2, -0.15) is 0 Å². The standard InChI is InChI=1S/C19H21N3O3/c23-18-14-25-13-17(22(18)12-15-6-2-1-3-7-15)19(24)21-11-9-16-8-4-5-10-20-16/h1-8,10,17H,9,11-14H2,(H,21,24)/t17-/m0/s1. The van der Waals surface area contributed by atoms with Gasteiger partial charge in [-0.25, -0.2) is 0 Å². The van der Waals surface area contributed by atoms with Crippen molar-refractivity contribution in [2.24, 2.45) is 0 Å². The van der Waals surface area contributed by atoms with Crippen molar-refractivity contribution in [3.63, 3.8) is 0 Å². The molecule has 130 valence electrons. The van der Waals surface area contributed by atoms with E-state index in [1.54, 1.807) is 11.1 Å². The normalized spacial score (nSPS) is 17.4. The number of nitrogens with zero attached hydrogens (tertiary/aromatic N) is 2. The highest BCUT2D eigenvalue weighted by Crippen LogP contribution is 2.13. The van der Waals surface area contributed by atoms with Crippen LogP contribution in [0.25, 0.3) is 0 Å². The number of pyridine rings is 1. The fourth-order valence-electron chi connectivity index (χ4n) is 2.78. The summed E-state index contributed by atoms with van der Waals surface area (Å²) in [7, 11) is 0. The highest BCUT2D eigenvalue weighted by Gasteiger charge is 2.33. The smallest absolute Gasteiger partial charge is 0.249 e. The third-order valence-corrected chi connectivity index (χ3v) is 4.10. The zero-order valence-electron chi connectivity index (χ0n) is 13.9. The van der Waals surface area contributed by atoms with E-state index in [1.807, 2.05) is 48.5 Å². The number of amides is 2. The molecule has 2 aromatic rings. The first-order chi connectivity index (χ1) is 12.2. The highest BCUT2D eigenvalue weighted by atomic mass is 16.5. The maximum atomic E-state index is 12.5. The van der Waals surface area contributed by atoms with Crippen molar-refractivity contribution in [2.45, 2.75) is 19.0 Å². The van der Waals surface area contributed by atoms with Crippen molar-refractivity contribution in [3.05, 3.63) is 66.0 Å². The molecule has 0 spiro atoms. The van der Waals surface area contributed by atoms with Crippen LogP contribution in [0.1, 0.15) is 11.3 Å². The van der Waals surface area contributed by atoms with E-state index in [4.69, 9.17) is 4.74 Å². The Balaban J connectivity index is 1.59. The Morgan fingerprint density at radius 1 is 1.20 bits per heavy atom. The van der Waals surface area contributed by atoms with E-state index in [0.717, 1.165) is 11.3 Å². The minimum Gasteiger partial charge on any atom is -0.369 e. The van der Waals surface area contributed by atoms with E-state index in [0.29, 0.717) is 19.5 Å². The van der Waals surface area contributed by atoms with Gasteiger partial charge in [-0.15, -0.1) is 0 Å². The average molecular weight is 339 g/mol. The molecule has 1 fully saturated rings. The second kappa shape index (κ2) is 8.39. The van der Waals surface area contributed by atoms with Gasteiger partial charge in [0, 0.05) is 31.4 Å². The molecule has 1 aromatic heterocycles. The summed E-state index contributed by atoms with van der Waals surface area (Å²) in [4.78, 5) is 30.6. The Bertz CT molecular complexity index is 706. The molecule has 0 bridgehead atoms. The SMILES string of the molecule is O=C(NCCc1ccccn1)[C@@H]1COCC(=O)N1Cc1ccccc1. The van der Waals surface area contributed by atoms with Crippen LogP contribution in [-0.4, -0.2) is 47.5 Å². The van der Waals surface area contributed by atoms with Crippen LogP contribution in [0.2, 0.25) is 0 Å². The Labute approximate surface area is 146 Å². The first-order valence-corrected chi connectivity index (χ1v) is 8.33. The lowest BCUT2D eigenvalue weighted by Gasteiger charge is -2.34. The molecule has 3 rings (SSSR count). The predicted octanol–water partition coefficient (Wildman–Crippen LogP) is 1.17. The van der Waals surface area contributed by atoms with E-state index in [2.05, 4.69) is 10.3 Å².